The molecule has 0 aliphatic carbocycles. The second-order valence-electron chi connectivity index (χ2n) is 1.13. The fourth-order valence-corrected chi connectivity index (χ4v) is 0.234. The summed E-state index contributed by atoms with van der Waals surface area (Å²) in [6.45, 7) is 0. The van der Waals surface area contributed by atoms with Crippen LogP contribution in [-0.4, -0.2) is 52.4 Å². The monoisotopic (exact) mass is 181 g/mol. The van der Waals surface area contributed by atoms with E-state index in [9.17, 15) is 4.79 Å². The number of nitrogens with two attached hydrogens (primary N) is 1. The number of carboxylic acid groups (broad SMARTS) is 1. The van der Waals surface area contributed by atoms with Crippen LogP contribution in [0, 0.1) is 0 Å². The molecule has 3 N–H and O–H groups in total. The van der Waals surface area contributed by atoms with Gasteiger partial charge in [0.1, 0.15) is 6.04 Å². The van der Waals surface area contributed by atoms with Gasteiger partial charge >= 0.3 is 35.5 Å². The Balaban J connectivity index is -0.000000180. The van der Waals surface area contributed by atoms with E-state index in [0.717, 1.165) is 0 Å². The molecule has 0 bridgehead atoms. The maximum absolute atomic E-state index is 9.76. The predicted molar refractivity (Wildman–Crippen MR) is 43.9 cm³/mol. The van der Waals surface area contributed by atoms with Gasteiger partial charge in [0.2, 0.25) is 0 Å². The van der Waals surface area contributed by atoms with Crippen LogP contribution >= 0.6 is 25.0 Å². The van der Waals surface area contributed by atoms with Gasteiger partial charge in [0.25, 0.3) is 0 Å². The van der Waals surface area contributed by atoms with Crippen molar-refractivity contribution in [2.24, 2.45) is 5.73 Å². The van der Waals surface area contributed by atoms with Gasteiger partial charge in [0.15, 0.2) is 0 Å². The first kappa shape index (κ1) is 16.6. The number of hydrogen-bond acceptors (Lipinski definition) is 3. The van der Waals surface area contributed by atoms with Crippen LogP contribution in [0.4, 0.5) is 0 Å². The van der Waals surface area contributed by atoms with Crippen molar-refractivity contribution in [2.75, 3.05) is 5.75 Å². The van der Waals surface area contributed by atoms with Crippen LogP contribution in [-0.2, 0) is 4.79 Å². The summed E-state index contributed by atoms with van der Waals surface area (Å²) in [7, 11) is 0. The molecule has 0 aromatic heterocycles. The van der Waals surface area contributed by atoms with Crippen molar-refractivity contribution in [3.05, 3.63) is 0 Å². The Labute approximate surface area is 87.5 Å². The zero-order valence-corrected chi connectivity index (χ0v) is 5.78. The molecule has 9 heavy (non-hydrogen) atoms. The van der Waals surface area contributed by atoms with Gasteiger partial charge in [-0.1, -0.05) is 0 Å². The molecule has 0 radical (unpaired) electrons. The number of carbonyl (C=O) groups is 1. The maximum atomic E-state index is 9.76. The Morgan fingerprint density at radius 2 is 2.11 bits per heavy atom. The van der Waals surface area contributed by atoms with Crippen molar-refractivity contribution in [1.29, 1.82) is 0 Å². The number of halogens is 1. The summed E-state index contributed by atoms with van der Waals surface area (Å²) >= 11 is 3.65. The van der Waals surface area contributed by atoms with Crippen molar-refractivity contribution >= 4 is 60.6 Å². The fraction of sp³-hybridized carbons (Fsp3) is 0.667. The molecular weight excluding hydrogens is 173 g/mol. The Morgan fingerprint density at radius 3 is 2.11 bits per heavy atom. The average Bonchev–Trinajstić information content (AvgIpc) is 1.65. The summed E-state index contributed by atoms with van der Waals surface area (Å²) in [4.78, 5) is 9.76. The summed E-state index contributed by atoms with van der Waals surface area (Å²) in [6, 6.07) is -0.816. The third-order valence-corrected chi connectivity index (χ3v) is 0.907. The van der Waals surface area contributed by atoms with Gasteiger partial charge in [0.05, 0.1) is 0 Å². The zero-order chi connectivity index (χ0) is 5.86. The van der Waals surface area contributed by atoms with Crippen molar-refractivity contribution in [3.8, 4) is 0 Å². The van der Waals surface area contributed by atoms with Crippen molar-refractivity contribution in [2.45, 2.75) is 6.04 Å². The van der Waals surface area contributed by atoms with Crippen molar-refractivity contribution in [3.63, 3.8) is 0 Å². The minimum atomic E-state index is -1.00. The molecule has 1 unspecified atom stereocenters. The summed E-state index contributed by atoms with van der Waals surface area (Å²) in [5, 5.41) is 8.01. The van der Waals surface area contributed by atoms with Crippen LogP contribution in [0.15, 0.2) is 0 Å². The molecule has 0 saturated heterocycles. The van der Waals surface area contributed by atoms with Gasteiger partial charge in [-0.3, -0.25) is 4.79 Å². The topological polar surface area (TPSA) is 63.3 Å². The molecule has 3 nitrogen and oxygen atoms in total. The second-order valence-corrected chi connectivity index (χ2v) is 1.49. The third-order valence-electron chi connectivity index (χ3n) is 0.514. The van der Waals surface area contributed by atoms with Crippen LogP contribution in [0.5, 0.6) is 0 Å². The molecule has 0 aliphatic rings. The normalized spacial score (nSPS) is 10.4. The van der Waals surface area contributed by atoms with Crippen molar-refractivity contribution in [1.82, 2.24) is 0 Å². The molecule has 0 heterocycles. The third kappa shape index (κ3) is 9.07. The fourth-order valence-electron chi connectivity index (χ4n) is 0.0781. The molecule has 0 fully saturated rings. The Bertz CT molecular complexity index is 84.2. The standard InChI is InChI=1S/C3H7NO2S.ClH.Na.H/c4-2(1-7)3(5)6;;;/h2,7H,1,4H2,(H,5,6);1H;;. The molecule has 0 aliphatic heterocycles. The van der Waals surface area contributed by atoms with Crippen LogP contribution < -0.4 is 5.73 Å². The molecule has 0 saturated carbocycles. The number of carboxylic acids is 1. The van der Waals surface area contributed by atoms with Crippen LogP contribution in [0.25, 0.3) is 0 Å². The summed E-state index contributed by atoms with van der Waals surface area (Å²) in [5.74, 6) is -0.815. The van der Waals surface area contributed by atoms with E-state index in [-0.39, 0.29) is 47.7 Å². The molecule has 1 atom stereocenters. The molecule has 52 valence electrons. The van der Waals surface area contributed by atoms with E-state index in [0.29, 0.717) is 0 Å². The SMILES string of the molecule is Cl.NC(CS)C(=O)O.[NaH]. The minimum absolute atomic E-state index is 0. The van der Waals surface area contributed by atoms with Crippen LogP contribution in [0.1, 0.15) is 0 Å². The van der Waals surface area contributed by atoms with E-state index < -0.39 is 12.0 Å². The zero-order valence-electron chi connectivity index (χ0n) is 4.07. The molecule has 0 aromatic carbocycles. The number of thiol groups is 1. The number of hydrogen-bond donors (Lipinski definition) is 3. The first-order valence-electron chi connectivity index (χ1n) is 1.77. The van der Waals surface area contributed by atoms with Gasteiger partial charge in [-0.2, -0.15) is 12.6 Å². The first-order valence-corrected chi connectivity index (χ1v) is 2.41. The van der Waals surface area contributed by atoms with Gasteiger partial charge in [-0.15, -0.1) is 12.4 Å². The van der Waals surface area contributed by atoms with Gasteiger partial charge < -0.3 is 10.8 Å². The molecule has 6 heteroatoms. The summed E-state index contributed by atoms with van der Waals surface area (Å²) in [6.07, 6.45) is 0. The molecule has 0 spiro atoms. The van der Waals surface area contributed by atoms with Crippen LogP contribution in [0.3, 0.4) is 0 Å². The van der Waals surface area contributed by atoms with E-state index >= 15 is 0 Å². The Morgan fingerprint density at radius 1 is 1.78 bits per heavy atom. The van der Waals surface area contributed by atoms with E-state index in [1.54, 1.807) is 0 Å². The molecule has 0 rings (SSSR count). The van der Waals surface area contributed by atoms with Gasteiger partial charge in [-0.05, 0) is 0 Å². The molecule has 0 amide bonds. The van der Waals surface area contributed by atoms with Gasteiger partial charge in [0, 0.05) is 5.75 Å². The van der Waals surface area contributed by atoms with E-state index in [2.05, 4.69) is 12.6 Å². The van der Waals surface area contributed by atoms with Gasteiger partial charge in [-0.25, -0.2) is 0 Å². The van der Waals surface area contributed by atoms with E-state index in [1.165, 1.54) is 0 Å². The second kappa shape index (κ2) is 9.07. The average molecular weight is 182 g/mol. The summed E-state index contributed by atoms with van der Waals surface area (Å²) in [5.41, 5.74) is 4.94. The van der Waals surface area contributed by atoms with Crippen molar-refractivity contribution < 1.29 is 9.90 Å². The summed E-state index contributed by atoms with van der Waals surface area (Å²) < 4.78 is 0. The molecule has 0 aromatic rings. The quantitative estimate of drug-likeness (QED) is 0.382. The first-order chi connectivity index (χ1) is 3.18. The molecular formula is C3H9ClNNaO2S. The van der Waals surface area contributed by atoms with Crippen LogP contribution in [0.2, 0.25) is 0 Å². The predicted octanol–water partition coefficient (Wildman–Crippen LogP) is -0.899. The Kier molecular flexibility index (Phi) is 16.7. The van der Waals surface area contributed by atoms with E-state index in [4.69, 9.17) is 10.8 Å². The van der Waals surface area contributed by atoms with E-state index in [1.807, 2.05) is 0 Å². The number of aliphatic carboxylic acids is 1. The number of rotatable bonds is 2. The Hall–Kier alpha value is 1.07.